The Bertz CT molecular complexity index is 570. The van der Waals surface area contributed by atoms with Crippen LogP contribution in [0.1, 0.15) is 6.92 Å². The van der Waals surface area contributed by atoms with Gasteiger partial charge >= 0.3 is 0 Å². The molecule has 0 bridgehead atoms. The average Bonchev–Trinajstić information content (AvgIpc) is 2.41. The second kappa shape index (κ2) is 4.69. The minimum atomic E-state index is 0.547. The average molecular weight is 259 g/mol. The number of rotatable bonds is 1. The number of anilines is 2. The first-order chi connectivity index (χ1) is 8.77. The van der Waals surface area contributed by atoms with E-state index >= 15 is 0 Å². The molecule has 1 fully saturated rings. The molecule has 0 saturated carbocycles. The van der Waals surface area contributed by atoms with Gasteiger partial charge < -0.3 is 10.6 Å². The van der Waals surface area contributed by atoms with Crippen LogP contribution in [0, 0.1) is 0 Å². The third kappa shape index (κ3) is 1.90. The minimum Gasteiger partial charge on any atom is -0.397 e. The highest BCUT2D eigenvalue weighted by atomic mass is 32.2. The molecule has 3 nitrogen and oxygen atoms in total. The first-order valence-corrected chi connectivity index (χ1v) is 7.39. The molecule has 1 saturated heterocycles. The molecule has 1 aliphatic rings. The third-order valence-corrected chi connectivity index (χ3v) is 4.71. The predicted octanol–water partition coefficient (Wildman–Crippen LogP) is 2.76. The van der Waals surface area contributed by atoms with Crippen LogP contribution < -0.4 is 10.6 Å². The number of benzene rings is 1. The van der Waals surface area contributed by atoms with Crippen molar-refractivity contribution < 1.29 is 0 Å². The first kappa shape index (κ1) is 11.7. The summed E-state index contributed by atoms with van der Waals surface area (Å²) in [5.74, 6) is 2.35. The molecule has 1 atom stereocenters. The van der Waals surface area contributed by atoms with E-state index in [1.165, 1.54) is 17.2 Å². The number of hydrogen-bond acceptors (Lipinski definition) is 4. The molecule has 2 aromatic rings. The topological polar surface area (TPSA) is 42.2 Å². The molecule has 0 aliphatic carbocycles. The predicted molar refractivity (Wildman–Crippen MR) is 80.3 cm³/mol. The molecule has 0 amide bonds. The van der Waals surface area contributed by atoms with Gasteiger partial charge in [-0.25, -0.2) is 0 Å². The smallest absolute Gasteiger partial charge is 0.0632 e. The maximum absolute atomic E-state index is 6.34. The van der Waals surface area contributed by atoms with Crippen molar-refractivity contribution in [2.24, 2.45) is 0 Å². The van der Waals surface area contributed by atoms with Crippen LogP contribution >= 0.6 is 11.8 Å². The fourth-order valence-corrected chi connectivity index (χ4v) is 3.53. The Kier molecular flexibility index (Phi) is 3.04. The van der Waals surface area contributed by atoms with Gasteiger partial charge in [0.1, 0.15) is 0 Å². The SMILES string of the molecule is CC1CSCCN1c1ccc2cnccc2c1N. The zero-order valence-electron chi connectivity index (χ0n) is 10.5. The van der Waals surface area contributed by atoms with E-state index in [2.05, 4.69) is 28.9 Å². The number of nitrogens with two attached hydrogens (primary N) is 1. The van der Waals surface area contributed by atoms with Crippen LogP contribution in [0.5, 0.6) is 0 Å². The zero-order chi connectivity index (χ0) is 12.5. The molecular formula is C14H17N3S. The second-order valence-corrected chi connectivity index (χ2v) is 5.86. The van der Waals surface area contributed by atoms with Crippen LogP contribution in [-0.4, -0.2) is 29.1 Å². The lowest BCUT2D eigenvalue weighted by Gasteiger charge is -2.36. The Morgan fingerprint density at radius 2 is 2.28 bits per heavy atom. The number of nitrogens with zero attached hydrogens (tertiary/aromatic N) is 2. The minimum absolute atomic E-state index is 0.547. The van der Waals surface area contributed by atoms with Gasteiger partial charge in [0.2, 0.25) is 0 Å². The first-order valence-electron chi connectivity index (χ1n) is 6.24. The van der Waals surface area contributed by atoms with Gasteiger partial charge in [-0.3, -0.25) is 4.98 Å². The molecule has 1 aliphatic heterocycles. The van der Waals surface area contributed by atoms with E-state index in [1.54, 1.807) is 6.20 Å². The molecule has 1 aromatic heterocycles. The maximum atomic E-state index is 6.34. The molecule has 1 unspecified atom stereocenters. The number of aromatic nitrogens is 1. The van der Waals surface area contributed by atoms with Crippen molar-refractivity contribution >= 4 is 33.9 Å². The fraction of sp³-hybridized carbons (Fsp3) is 0.357. The molecule has 4 heteroatoms. The van der Waals surface area contributed by atoms with E-state index < -0.39 is 0 Å². The molecular weight excluding hydrogens is 242 g/mol. The van der Waals surface area contributed by atoms with Crippen molar-refractivity contribution in [2.75, 3.05) is 28.7 Å². The van der Waals surface area contributed by atoms with E-state index in [0.717, 1.165) is 23.0 Å². The Labute approximate surface area is 111 Å². The molecule has 2 heterocycles. The zero-order valence-corrected chi connectivity index (χ0v) is 11.3. The fourth-order valence-electron chi connectivity index (χ4n) is 2.52. The molecule has 94 valence electrons. The normalized spacial score (nSPS) is 20.3. The highest BCUT2D eigenvalue weighted by Crippen LogP contribution is 2.33. The molecule has 0 radical (unpaired) electrons. The Morgan fingerprint density at radius 3 is 3.11 bits per heavy atom. The summed E-state index contributed by atoms with van der Waals surface area (Å²) in [4.78, 5) is 6.56. The summed E-state index contributed by atoms with van der Waals surface area (Å²) in [5.41, 5.74) is 8.39. The lowest BCUT2D eigenvalue weighted by atomic mass is 10.1. The summed E-state index contributed by atoms with van der Waals surface area (Å²) in [6.07, 6.45) is 3.67. The van der Waals surface area contributed by atoms with E-state index in [1.807, 2.05) is 24.0 Å². The Hall–Kier alpha value is -1.42. The highest BCUT2D eigenvalue weighted by molar-refractivity contribution is 7.99. The summed E-state index contributed by atoms with van der Waals surface area (Å²) < 4.78 is 0. The van der Waals surface area contributed by atoms with Gasteiger partial charge in [0.15, 0.2) is 0 Å². The van der Waals surface area contributed by atoms with Crippen LogP contribution in [0.25, 0.3) is 10.8 Å². The monoisotopic (exact) mass is 259 g/mol. The van der Waals surface area contributed by atoms with Crippen LogP contribution in [0.15, 0.2) is 30.6 Å². The van der Waals surface area contributed by atoms with Crippen molar-refractivity contribution in [1.29, 1.82) is 0 Å². The largest absolute Gasteiger partial charge is 0.397 e. The van der Waals surface area contributed by atoms with Gasteiger partial charge in [0, 0.05) is 47.3 Å². The van der Waals surface area contributed by atoms with Crippen molar-refractivity contribution in [3.63, 3.8) is 0 Å². The second-order valence-electron chi connectivity index (χ2n) is 4.71. The van der Waals surface area contributed by atoms with Gasteiger partial charge in [0.05, 0.1) is 11.4 Å². The summed E-state index contributed by atoms with van der Waals surface area (Å²) >= 11 is 2.02. The van der Waals surface area contributed by atoms with E-state index in [0.29, 0.717) is 6.04 Å². The van der Waals surface area contributed by atoms with Gasteiger partial charge in [-0.05, 0) is 19.1 Å². The van der Waals surface area contributed by atoms with Crippen molar-refractivity contribution in [3.8, 4) is 0 Å². The Morgan fingerprint density at radius 1 is 1.39 bits per heavy atom. The van der Waals surface area contributed by atoms with Gasteiger partial charge in [-0.15, -0.1) is 0 Å². The number of thioether (sulfide) groups is 1. The van der Waals surface area contributed by atoms with Crippen LogP contribution in [0.4, 0.5) is 11.4 Å². The molecule has 18 heavy (non-hydrogen) atoms. The number of hydrogen-bond donors (Lipinski definition) is 1. The molecule has 2 N–H and O–H groups in total. The standard InChI is InChI=1S/C14H17N3S/c1-10-9-18-7-6-17(10)13-3-2-11-8-16-5-4-12(11)14(13)15/h2-5,8,10H,6-7,9,15H2,1H3. The lowest BCUT2D eigenvalue weighted by Crippen LogP contribution is -2.40. The summed E-state index contributed by atoms with van der Waals surface area (Å²) in [7, 11) is 0. The van der Waals surface area contributed by atoms with Gasteiger partial charge in [-0.2, -0.15) is 11.8 Å². The number of pyridine rings is 1. The quantitative estimate of drug-likeness (QED) is 0.800. The van der Waals surface area contributed by atoms with E-state index in [4.69, 9.17) is 5.73 Å². The molecule has 0 spiro atoms. The van der Waals surface area contributed by atoms with Crippen molar-refractivity contribution in [2.45, 2.75) is 13.0 Å². The van der Waals surface area contributed by atoms with Gasteiger partial charge in [0.25, 0.3) is 0 Å². The van der Waals surface area contributed by atoms with E-state index in [9.17, 15) is 0 Å². The lowest BCUT2D eigenvalue weighted by molar-refractivity contribution is 0.701. The van der Waals surface area contributed by atoms with Crippen molar-refractivity contribution in [3.05, 3.63) is 30.6 Å². The Balaban J connectivity index is 2.09. The maximum Gasteiger partial charge on any atom is 0.0632 e. The molecule has 3 rings (SSSR count). The summed E-state index contributed by atoms with van der Waals surface area (Å²) in [5, 5.41) is 2.21. The van der Waals surface area contributed by atoms with Crippen LogP contribution in [-0.2, 0) is 0 Å². The summed E-state index contributed by atoms with van der Waals surface area (Å²) in [6, 6.07) is 6.79. The number of fused-ring (bicyclic) bond motifs is 1. The molecule has 1 aromatic carbocycles. The highest BCUT2D eigenvalue weighted by Gasteiger charge is 2.21. The van der Waals surface area contributed by atoms with Crippen molar-refractivity contribution in [1.82, 2.24) is 4.98 Å². The van der Waals surface area contributed by atoms with Crippen LogP contribution in [0.2, 0.25) is 0 Å². The van der Waals surface area contributed by atoms with Gasteiger partial charge in [-0.1, -0.05) is 6.07 Å². The van der Waals surface area contributed by atoms with E-state index in [-0.39, 0.29) is 0 Å². The number of nitrogen functional groups attached to an aromatic ring is 1. The third-order valence-electron chi connectivity index (χ3n) is 3.52. The summed E-state index contributed by atoms with van der Waals surface area (Å²) in [6.45, 7) is 3.34. The van der Waals surface area contributed by atoms with Crippen LogP contribution in [0.3, 0.4) is 0 Å².